The van der Waals surface area contributed by atoms with Gasteiger partial charge in [0, 0.05) is 6.54 Å². The van der Waals surface area contributed by atoms with Crippen LogP contribution in [0, 0.1) is 0 Å². The minimum Gasteiger partial charge on any atom is -0.469 e. The second kappa shape index (κ2) is 8.50. The van der Waals surface area contributed by atoms with Crippen LogP contribution in [-0.2, 0) is 9.53 Å². The summed E-state index contributed by atoms with van der Waals surface area (Å²) in [6.45, 7) is 2.19. The van der Waals surface area contributed by atoms with Gasteiger partial charge < -0.3 is 9.64 Å². The fourth-order valence-corrected chi connectivity index (χ4v) is 2.70. The van der Waals surface area contributed by atoms with Gasteiger partial charge in [-0.1, -0.05) is 54.1 Å². The summed E-state index contributed by atoms with van der Waals surface area (Å²) in [6.07, 6.45) is 0.129. The molecule has 24 heavy (non-hydrogen) atoms. The molecule has 0 bridgehead atoms. The van der Waals surface area contributed by atoms with Gasteiger partial charge in [0.1, 0.15) is 0 Å². The minimum absolute atomic E-state index is 0.129. The highest BCUT2D eigenvalue weighted by molar-refractivity contribution is 6.33. The Morgan fingerprint density at radius 3 is 2.33 bits per heavy atom. The van der Waals surface area contributed by atoms with Crippen molar-refractivity contribution in [2.45, 2.75) is 19.4 Å². The molecule has 0 aliphatic carbocycles. The minimum atomic E-state index is -0.354. The molecule has 1 unspecified atom stereocenters. The van der Waals surface area contributed by atoms with Gasteiger partial charge >= 0.3 is 5.97 Å². The molecule has 1 amide bonds. The predicted molar refractivity (Wildman–Crippen MR) is 94.0 cm³/mol. The van der Waals surface area contributed by atoms with E-state index >= 15 is 0 Å². The molecule has 0 saturated heterocycles. The Hall–Kier alpha value is -2.33. The molecule has 1 atom stereocenters. The first-order chi connectivity index (χ1) is 11.5. The summed E-state index contributed by atoms with van der Waals surface area (Å²) in [5, 5.41) is 0.394. The molecule has 4 nitrogen and oxygen atoms in total. The Labute approximate surface area is 147 Å². The molecule has 5 heteroatoms. The van der Waals surface area contributed by atoms with Crippen molar-refractivity contribution in [2.75, 3.05) is 13.7 Å². The quantitative estimate of drug-likeness (QED) is 0.740. The van der Waals surface area contributed by atoms with Crippen molar-refractivity contribution in [3.63, 3.8) is 0 Å². The number of nitrogens with zero attached hydrogens (tertiary/aromatic N) is 1. The average Bonchev–Trinajstić information content (AvgIpc) is 2.62. The molecule has 0 saturated carbocycles. The summed E-state index contributed by atoms with van der Waals surface area (Å²) < 4.78 is 4.69. The third-order valence-corrected chi connectivity index (χ3v) is 4.23. The molecule has 0 radical (unpaired) electrons. The number of benzene rings is 2. The number of hydrogen-bond donors (Lipinski definition) is 0. The van der Waals surface area contributed by atoms with Gasteiger partial charge in [-0.2, -0.15) is 0 Å². The van der Waals surface area contributed by atoms with Crippen molar-refractivity contribution < 1.29 is 14.3 Å². The number of ether oxygens (including phenoxy) is 1. The van der Waals surface area contributed by atoms with E-state index in [1.54, 1.807) is 29.2 Å². The molecule has 0 aliphatic rings. The van der Waals surface area contributed by atoms with Gasteiger partial charge in [-0.05, 0) is 24.6 Å². The fraction of sp³-hybridized carbons (Fsp3) is 0.263. The number of rotatable bonds is 6. The van der Waals surface area contributed by atoms with Crippen molar-refractivity contribution in [1.29, 1.82) is 0 Å². The van der Waals surface area contributed by atoms with Crippen LogP contribution < -0.4 is 0 Å². The lowest BCUT2D eigenvalue weighted by Gasteiger charge is -2.30. The summed E-state index contributed by atoms with van der Waals surface area (Å²) >= 11 is 6.16. The van der Waals surface area contributed by atoms with Crippen LogP contribution in [0.1, 0.15) is 35.3 Å². The van der Waals surface area contributed by atoms with Crippen molar-refractivity contribution in [1.82, 2.24) is 4.90 Å². The second-order valence-corrected chi connectivity index (χ2v) is 5.80. The van der Waals surface area contributed by atoms with Gasteiger partial charge in [0.15, 0.2) is 0 Å². The van der Waals surface area contributed by atoms with Crippen LogP contribution in [0.25, 0.3) is 0 Å². The number of hydrogen-bond acceptors (Lipinski definition) is 3. The van der Waals surface area contributed by atoms with Crippen LogP contribution in [-0.4, -0.2) is 30.4 Å². The maximum atomic E-state index is 13.0. The zero-order chi connectivity index (χ0) is 17.5. The molecule has 0 spiro atoms. The van der Waals surface area contributed by atoms with Crippen molar-refractivity contribution >= 4 is 23.5 Å². The van der Waals surface area contributed by atoms with E-state index in [-0.39, 0.29) is 30.9 Å². The van der Waals surface area contributed by atoms with E-state index in [1.807, 2.05) is 37.3 Å². The van der Waals surface area contributed by atoms with Gasteiger partial charge in [0.2, 0.25) is 0 Å². The van der Waals surface area contributed by atoms with Crippen LogP contribution in [0.2, 0.25) is 5.02 Å². The number of carbonyl (C=O) groups excluding carboxylic acids is 2. The highest BCUT2D eigenvalue weighted by Crippen LogP contribution is 2.25. The standard InChI is InChI=1S/C19H20ClNO3/c1-14(15-8-4-3-5-9-15)21(13-12-18(22)24-2)19(23)16-10-6-7-11-17(16)20/h3-11,14H,12-13H2,1-2H3. The van der Waals surface area contributed by atoms with E-state index in [2.05, 4.69) is 0 Å². The monoisotopic (exact) mass is 345 g/mol. The molecule has 0 fully saturated rings. The largest absolute Gasteiger partial charge is 0.469 e. The number of carbonyl (C=O) groups is 2. The summed E-state index contributed by atoms with van der Waals surface area (Å²) in [7, 11) is 1.34. The highest BCUT2D eigenvalue weighted by atomic mass is 35.5. The molecule has 2 aromatic rings. The van der Waals surface area contributed by atoms with E-state index in [0.717, 1.165) is 5.56 Å². The number of amides is 1. The van der Waals surface area contributed by atoms with Crippen LogP contribution in [0.4, 0.5) is 0 Å². The maximum absolute atomic E-state index is 13.0. The summed E-state index contributed by atoms with van der Waals surface area (Å²) in [4.78, 5) is 26.1. The smallest absolute Gasteiger partial charge is 0.307 e. The Balaban J connectivity index is 2.30. The molecular formula is C19H20ClNO3. The lowest BCUT2D eigenvalue weighted by Crippen LogP contribution is -2.35. The summed E-state index contributed by atoms with van der Waals surface area (Å²) in [6, 6.07) is 16.4. The van der Waals surface area contributed by atoms with Crippen LogP contribution >= 0.6 is 11.6 Å². The van der Waals surface area contributed by atoms with Crippen LogP contribution in [0.5, 0.6) is 0 Å². The molecule has 2 aromatic carbocycles. The zero-order valence-electron chi connectivity index (χ0n) is 13.7. The SMILES string of the molecule is COC(=O)CCN(C(=O)c1ccccc1Cl)C(C)c1ccccc1. The molecule has 0 N–H and O–H groups in total. The van der Waals surface area contributed by atoms with Crippen molar-refractivity contribution in [3.05, 3.63) is 70.7 Å². The predicted octanol–water partition coefficient (Wildman–Crippen LogP) is 4.11. The summed E-state index contributed by atoms with van der Waals surface area (Å²) in [5.74, 6) is -0.562. The summed E-state index contributed by atoms with van der Waals surface area (Å²) in [5.41, 5.74) is 1.41. The van der Waals surface area contributed by atoms with Crippen molar-refractivity contribution in [3.8, 4) is 0 Å². The van der Waals surface area contributed by atoms with Gasteiger partial charge in [-0.25, -0.2) is 0 Å². The topological polar surface area (TPSA) is 46.6 Å². The first-order valence-corrected chi connectivity index (χ1v) is 8.09. The van der Waals surface area contributed by atoms with Crippen LogP contribution in [0.3, 0.4) is 0 Å². The average molecular weight is 346 g/mol. The van der Waals surface area contributed by atoms with Crippen molar-refractivity contribution in [2.24, 2.45) is 0 Å². The third-order valence-electron chi connectivity index (χ3n) is 3.90. The maximum Gasteiger partial charge on any atom is 0.307 e. The van der Waals surface area contributed by atoms with E-state index < -0.39 is 0 Å². The molecular weight excluding hydrogens is 326 g/mol. The number of halogens is 1. The first-order valence-electron chi connectivity index (χ1n) is 7.72. The normalized spacial score (nSPS) is 11.6. The van der Waals surface area contributed by atoms with Gasteiger partial charge in [0.05, 0.1) is 30.2 Å². The van der Waals surface area contributed by atoms with Gasteiger partial charge in [0.25, 0.3) is 5.91 Å². The number of methoxy groups -OCH3 is 1. The molecule has 0 aliphatic heterocycles. The molecule has 126 valence electrons. The highest BCUT2D eigenvalue weighted by Gasteiger charge is 2.24. The third kappa shape index (κ3) is 4.36. The Kier molecular flexibility index (Phi) is 6.38. The molecule has 2 rings (SSSR count). The Bertz CT molecular complexity index is 703. The second-order valence-electron chi connectivity index (χ2n) is 5.39. The lowest BCUT2D eigenvalue weighted by atomic mass is 10.0. The Morgan fingerprint density at radius 1 is 1.08 bits per heavy atom. The molecule has 0 heterocycles. The van der Waals surface area contributed by atoms with E-state index in [9.17, 15) is 9.59 Å². The van der Waals surface area contributed by atoms with Gasteiger partial charge in [-0.15, -0.1) is 0 Å². The first kappa shape index (κ1) is 18.0. The Morgan fingerprint density at radius 2 is 1.71 bits per heavy atom. The van der Waals surface area contributed by atoms with Crippen LogP contribution in [0.15, 0.2) is 54.6 Å². The lowest BCUT2D eigenvalue weighted by molar-refractivity contribution is -0.140. The van der Waals surface area contributed by atoms with E-state index in [0.29, 0.717) is 10.6 Å². The fourth-order valence-electron chi connectivity index (χ4n) is 2.49. The number of esters is 1. The molecule has 0 aromatic heterocycles. The van der Waals surface area contributed by atoms with E-state index in [1.165, 1.54) is 7.11 Å². The zero-order valence-corrected chi connectivity index (χ0v) is 14.5. The van der Waals surface area contributed by atoms with Gasteiger partial charge in [-0.3, -0.25) is 9.59 Å². The van der Waals surface area contributed by atoms with E-state index in [4.69, 9.17) is 16.3 Å².